The Labute approximate surface area is 370 Å². The zero-order valence-electron chi connectivity index (χ0n) is 38.7. The third-order valence-corrected chi connectivity index (χ3v) is 20.7. The van der Waals surface area contributed by atoms with Gasteiger partial charge in [-0.05, 0) is 189 Å². The van der Waals surface area contributed by atoms with Crippen molar-refractivity contribution in [3.05, 3.63) is 52.4 Å². The van der Waals surface area contributed by atoms with Crippen LogP contribution in [0.2, 0.25) is 0 Å². The first kappa shape index (κ1) is 44.6. The van der Waals surface area contributed by atoms with Crippen LogP contribution in [-0.4, -0.2) is 76.3 Å². The van der Waals surface area contributed by atoms with Crippen molar-refractivity contribution >= 4 is 17.4 Å². The summed E-state index contributed by atoms with van der Waals surface area (Å²) in [6.07, 6.45) is 13.0. The number of anilines is 1. The number of halogens is 1. The van der Waals surface area contributed by atoms with Gasteiger partial charge in [0.1, 0.15) is 5.82 Å². The summed E-state index contributed by atoms with van der Waals surface area (Å²) in [5.74, 6) is 1.47. The molecule has 9 heteroatoms. The van der Waals surface area contributed by atoms with E-state index in [2.05, 4.69) is 40.7 Å². The molecule has 8 aliphatic carbocycles. The van der Waals surface area contributed by atoms with E-state index in [1.54, 1.807) is 6.07 Å². The van der Waals surface area contributed by atoms with Crippen LogP contribution >= 0.6 is 0 Å². The number of rotatable bonds is 10. The van der Waals surface area contributed by atoms with Crippen molar-refractivity contribution in [2.24, 2.45) is 69.5 Å². The first-order valence-electron chi connectivity index (χ1n) is 24.7. The van der Waals surface area contributed by atoms with E-state index in [0.717, 1.165) is 76.2 Å². The number of carbonyl (C=O) groups is 2. The SMILES string of the molecule is C[C@H](CCC(=O)O)[C@H]1CC[C@H]2[C@@H]3[C@H](O)C[C@@H]4C[C@@H](OCCN(C)c5ccc([C@H]6C[C@@]7(C)C(C[C@@H](C)[C@]7(C)O)C7CCC8=CC(=O)CCC8=C76)cc5F)CC[C@]4(C)[C@H]3C[C@H](O)[C@]12C. The maximum atomic E-state index is 16.4. The molecule has 0 amide bonds. The van der Waals surface area contributed by atoms with Gasteiger partial charge in [0, 0.05) is 37.8 Å². The largest absolute Gasteiger partial charge is 0.481 e. The van der Waals surface area contributed by atoms with Crippen molar-refractivity contribution in [1.82, 2.24) is 0 Å². The van der Waals surface area contributed by atoms with Crippen LogP contribution in [0.3, 0.4) is 0 Å². The fraction of sp³-hybridized carbons (Fsp3) is 0.774. The summed E-state index contributed by atoms with van der Waals surface area (Å²) >= 11 is 0. The molecule has 0 saturated heterocycles. The molecular weight excluding hydrogens is 782 g/mol. The number of likely N-dealkylation sites (N-methyl/N-ethyl adjacent to an activating group) is 1. The van der Waals surface area contributed by atoms with Gasteiger partial charge in [-0.1, -0.05) is 46.3 Å². The van der Waals surface area contributed by atoms with E-state index in [1.165, 1.54) is 16.7 Å². The molecule has 6 fully saturated rings. The highest BCUT2D eigenvalue weighted by Gasteiger charge is 2.66. The lowest BCUT2D eigenvalue weighted by atomic mass is 9.43. The van der Waals surface area contributed by atoms with E-state index in [0.29, 0.717) is 55.9 Å². The van der Waals surface area contributed by atoms with Gasteiger partial charge in [0.25, 0.3) is 0 Å². The number of hydrogen-bond acceptors (Lipinski definition) is 7. The van der Waals surface area contributed by atoms with Crippen LogP contribution in [0.15, 0.2) is 41.0 Å². The molecule has 342 valence electrons. The Morgan fingerprint density at radius 2 is 1.76 bits per heavy atom. The van der Waals surface area contributed by atoms with Crippen molar-refractivity contribution < 1.29 is 39.1 Å². The lowest BCUT2D eigenvalue weighted by Crippen LogP contribution is -2.62. The van der Waals surface area contributed by atoms with Crippen molar-refractivity contribution in [3.8, 4) is 0 Å². The number of carboxylic acid groups (broad SMARTS) is 1. The average Bonchev–Trinajstić information content (AvgIpc) is 3.67. The first-order chi connectivity index (χ1) is 29.3. The van der Waals surface area contributed by atoms with Crippen LogP contribution < -0.4 is 4.90 Å². The summed E-state index contributed by atoms with van der Waals surface area (Å²) in [6, 6.07) is 5.77. The maximum Gasteiger partial charge on any atom is 0.303 e. The number of hydrogen-bond donors (Lipinski definition) is 4. The van der Waals surface area contributed by atoms with Gasteiger partial charge in [-0.15, -0.1) is 0 Å². The van der Waals surface area contributed by atoms with Gasteiger partial charge < -0.3 is 30.1 Å². The standard InChI is InChI=1S/C53H76FNO7/c1-29(8-17-47(59)60)39-14-15-40-49-42(27-46(58)52(39,40)5)50(3)19-18-35(25-33(50)26-45(49)57)62-21-20-55(7)44-16-10-32(24-43(44)54)38-28-51(4)41(22-30(2)53(51,6)61)37-12-9-31-23-34(56)11-13-36(31)48(37)38/h10,16,23-24,29-30,33,35,37-42,45-46,49,57-58,61H,8-9,11-15,17-22,25-28H2,1-7H3,(H,59,60)/t29-,30-,33+,35+,37?,38-,39-,40+,41?,42+,45-,46+,49+,50+,51+,52-,53+/m1/s1. The lowest BCUT2D eigenvalue weighted by molar-refractivity contribution is -0.209. The van der Waals surface area contributed by atoms with Gasteiger partial charge >= 0.3 is 5.97 Å². The molecule has 62 heavy (non-hydrogen) atoms. The number of carbonyl (C=O) groups excluding carboxylic acids is 1. The van der Waals surface area contributed by atoms with E-state index in [9.17, 15) is 30.0 Å². The Kier molecular flexibility index (Phi) is 11.6. The number of ketones is 1. The molecule has 1 aromatic carbocycles. The van der Waals surface area contributed by atoms with Crippen LogP contribution in [0.5, 0.6) is 0 Å². The highest BCUT2D eigenvalue weighted by atomic mass is 19.1. The zero-order valence-corrected chi connectivity index (χ0v) is 38.7. The Morgan fingerprint density at radius 3 is 2.50 bits per heavy atom. The van der Waals surface area contributed by atoms with Crippen LogP contribution in [0.4, 0.5) is 10.1 Å². The predicted molar refractivity (Wildman–Crippen MR) is 239 cm³/mol. The van der Waals surface area contributed by atoms with Crippen molar-refractivity contribution in [3.63, 3.8) is 0 Å². The molecule has 0 heterocycles. The molecule has 0 radical (unpaired) electrons. The highest BCUT2D eigenvalue weighted by Crippen LogP contribution is 2.70. The molecule has 1 aromatic rings. The number of benzene rings is 1. The second kappa shape index (κ2) is 16.1. The summed E-state index contributed by atoms with van der Waals surface area (Å²) in [5.41, 5.74) is 4.04. The van der Waals surface area contributed by atoms with Gasteiger partial charge in [-0.2, -0.15) is 0 Å². The third-order valence-electron chi connectivity index (χ3n) is 20.7. The molecule has 9 rings (SSSR count). The monoisotopic (exact) mass is 858 g/mol. The number of aliphatic hydroxyl groups is 3. The number of carboxylic acids is 1. The molecule has 0 bridgehead atoms. The normalized spacial score (nSPS) is 45.2. The molecule has 0 spiro atoms. The second-order valence-corrected chi connectivity index (χ2v) is 23.2. The topological polar surface area (TPSA) is 128 Å². The Hall–Kier alpha value is -2.59. The minimum Gasteiger partial charge on any atom is -0.481 e. The van der Waals surface area contributed by atoms with Crippen LogP contribution in [-0.2, 0) is 14.3 Å². The molecule has 17 atom stereocenters. The fourth-order valence-electron chi connectivity index (χ4n) is 16.8. The third kappa shape index (κ3) is 6.93. The number of aliphatic hydroxyl groups excluding tert-OH is 2. The Balaban J connectivity index is 0.852. The van der Waals surface area contributed by atoms with E-state index < -0.39 is 23.8 Å². The first-order valence-corrected chi connectivity index (χ1v) is 24.7. The molecular formula is C53H76FNO7. The molecule has 0 aromatic heterocycles. The summed E-state index contributed by atoms with van der Waals surface area (Å²) in [5, 5.41) is 45.3. The van der Waals surface area contributed by atoms with Crippen molar-refractivity contribution in [1.29, 1.82) is 0 Å². The van der Waals surface area contributed by atoms with Crippen molar-refractivity contribution in [2.45, 2.75) is 168 Å². The number of allylic oxidation sites excluding steroid dienone is 4. The minimum atomic E-state index is -0.814. The molecule has 8 aliphatic rings. The van der Waals surface area contributed by atoms with E-state index >= 15 is 4.39 Å². The summed E-state index contributed by atoms with van der Waals surface area (Å²) in [4.78, 5) is 25.8. The summed E-state index contributed by atoms with van der Waals surface area (Å²) in [6.45, 7) is 14.3. The van der Waals surface area contributed by atoms with Gasteiger partial charge in [0.15, 0.2) is 5.78 Å². The number of ether oxygens (including phenoxy) is 1. The van der Waals surface area contributed by atoms with Crippen molar-refractivity contribution in [2.75, 3.05) is 25.1 Å². The van der Waals surface area contributed by atoms with E-state index in [-0.39, 0.29) is 81.8 Å². The minimum absolute atomic E-state index is 0.0108. The fourth-order valence-corrected chi connectivity index (χ4v) is 16.8. The van der Waals surface area contributed by atoms with Crippen LogP contribution in [0.1, 0.15) is 149 Å². The Morgan fingerprint density at radius 1 is 0.984 bits per heavy atom. The Bertz CT molecular complexity index is 1990. The molecule has 2 unspecified atom stereocenters. The molecule has 6 saturated carbocycles. The van der Waals surface area contributed by atoms with Gasteiger partial charge in [0.2, 0.25) is 0 Å². The average molecular weight is 858 g/mol. The zero-order chi connectivity index (χ0) is 44.3. The van der Waals surface area contributed by atoms with Gasteiger partial charge in [-0.3, -0.25) is 9.59 Å². The van der Waals surface area contributed by atoms with E-state index in [1.807, 2.05) is 31.0 Å². The van der Waals surface area contributed by atoms with Crippen LogP contribution in [0, 0.1) is 75.3 Å². The maximum absolute atomic E-state index is 16.4. The second-order valence-electron chi connectivity index (χ2n) is 23.2. The van der Waals surface area contributed by atoms with E-state index in [4.69, 9.17) is 4.74 Å². The van der Waals surface area contributed by atoms with Gasteiger partial charge in [0.05, 0.1) is 36.2 Å². The lowest BCUT2D eigenvalue weighted by Gasteiger charge is -2.63. The molecule has 8 nitrogen and oxygen atoms in total. The predicted octanol–water partition coefficient (Wildman–Crippen LogP) is 9.64. The number of fused-ring (bicyclic) bond motifs is 9. The molecule has 4 N–H and O–H groups in total. The quantitative estimate of drug-likeness (QED) is 0.183. The molecule has 0 aliphatic heterocycles. The summed E-state index contributed by atoms with van der Waals surface area (Å²) < 4.78 is 23.0. The highest BCUT2D eigenvalue weighted by molar-refractivity contribution is 5.93. The smallest absolute Gasteiger partial charge is 0.303 e. The number of aliphatic carboxylic acids is 1. The van der Waals surface area contributed by atoms with Crippen LogP contribution in [0.25, 0.3) is 0 Å². The van der Waals surface area contributed by atoms with Gasteiger partial charge in [-0.25, -0.2) is 4.39 Å². The summed E-state index contributed by atoms with van der Waals surface area (Å²) in [7, 11) is 1.93. The number of nitrogens with zero attached hydrogens (tertiary/aromatic N) is 1.